The number of benzene rings is 4. The van der Waals surface area contributed by atoms with Crippen LogP contribution >= 0.6 is 0 Å². The van der Waals surface area contributed by atoms with Crippen molar-refractivity contribution < 1.29 is 46.1 Å². The molecule has 3 heteroatoms. The first-order valence-corrected chi connectivity index (χ1v) is 16.9. The Kier molecular flexibility index (Phi) is 6.52. The van der Waals surface area contributed by atoms with Crippen LogP contribution in [0.2, 0.25) is 0 Å². The Labute approximate surface area is 243 Å². The Morgan fingerprint density at radius 1 is 0.500 bits per heavy atom. The van der Waals surface area contributed by atoms with Gasteiger partial charge in [0.15, 0.2) is 0 Å². The average molecular weight is 607 g/mol. The number of allylic oxidation sites excluding steroid dienone is 12. The summed E-state index contributed by atoms with van der Waals surface area (Å²) in [6, 6.07) is 26.8. The molecule has 0 spiro atoms. The molecule has 4 aromatic rings. The molecule has 0 heterocycles. The number of hydrogen-bond donors (Lipinski definition) is 0. The smallest absolute Gasteiger partial charge is 1.00 e. The monoisotopic (exact) mass is 604 g/mol. The van der Waals surface area contributed by atoms with Gasteiger partial charge in [-0.2, -0.15) is 0 Å². The molecule has 4 aliphatic carbocycles. The number of halogens is 2. The molecule has 0 atom stereocenters. The van der Waals surface area contributed by atoms with Crippen LogP contribution in [0.1, 0.15) is 22.3 Å². The van der Waals surface area contributed by atoms with Crippen LogP contribution in [-0.2, 0) is 34.1 Å². The summed E-state index contributed by atoms with van der Waals surface area (Å²) in [5.74, 6) is 0. The SMILES string of the molecule is [CH2]=[Zr+2]([C]1=CC=C2C1=CCc1ccc3ccccc3c12)[C]1=CC=C2C1=CCc1ccc3ccccc3c12.[Cl-].[Cl-]. The first-order chi connectivity index (χ1) is 17.8. The molecule has 0 fully saturated rings. The summed E-state index contributed by atoms with van der Waals surface area (Å²) in [4.78, 5) is 0. The summed E-state index contributed by atoms with van der Waals surface area (Å²) in [6.07, 6.45) is 16.5. The van der Waals surface area contributed by atoms with Crippen molar-refractivity contribution in [1.82, 2.24) is 0 Å². The maximum absolute atomic E-state index is 4.93. The van der Waals surface area contributed by atoms with Gasteiger partial charge in [-0.25, -0.2) is 0 Å². The van der Waals surface area contributed by atoms with Crippen molar-refractivity contribution in [2.45, 2.75) is 12.8 Å². The van der Waals surface area contributed by atoms with Gasteiger partial charge < -0.3 is 24.8 Å². The van der Waals surface area contributed by atoms with Crippen molar-refractivity contribution in [1.29, 1.82) is 0 Å². The van der Waals surface area contributed by atoms with Gasteiger partial charge >= 0.3 is 220 Å². The van der Waals surface area contributed by atoms with E-state index in [9.17, 15) is 0 Å². The van der Waals surface area contributed by atoms with Crippen molar-refractivity contribution in [3.8, 4) is 0 Å². The van der Waals surface area contributed by atoms with Crippen LogP contribution in [0.25, 0.3) is 32.7 Å². The summed E-state index contributed by atoms with van der Waals surface area (Å²) in [7, 11) is 0. The molecular formula is C35H24Cl2Zr. The minimum atomic E-state index is -2.33. The van der Waals surface area contributed by atoms with Crippen molar-refractivity contribution in [2.75, 3.05) is 0 Å². The molecule has 0 saturated carbocycles. The standard InChI is InChI=1S/2C17H11.CH2.2ClH.Zr/c2*1-2-6-15-12(4-1)8-10-14-11-9-13-5-3-7-16(13)17(14)15;;;;/h2*1-4,6-10H,11H2;1H2;2*1H;/q;;;;;+2/p-2. The van der Waals surface area contributed by atoms with Gasteiger partial charge in [-0.3, -0.25) is 0 Å². The predicted octanol–water partition coefficient (Wildman–Crippen LogP) is 2.28. The summed E-state index contributed by atoms with van der Waals surface area (Å²) < 4.78 is 8.01. The molecule has 0 N–H and O–H groups in total. The molecule has 0 unspecified atom stereocenters. The van der Waals surface area contributed by atoms with Gasteiger partial charge in [0.25, 0.3) is 0 Å². The van der Waals surface area contributed by atoms with E-state index in [2.05, 4.69) is 109 Å². The van der Waals surface area contributed by atoms with Gasteiger partial charge in [-0.05, 0) is 0 Å². The maximum Gasteiger partial charge on any atom is -1.00 e. The average Bonchev–Trinajstić information content (AvgIpc) is 3.57. The molecule has 4 aromatic carbocycles. The second kappa shape index (κ2) is 9.73. The Morgan fingerprint density at radius 3 is 1.42 bits per heavy atom. The van der Waals surface area contributed by atoms with Crippen LogP contribution in [0.15, 0.2) is 127 Å². The largest absolute Gasteiger partial charge is 1.00 e. The zero-order valence-electron chi connectivity index (χ0n) is 20.8. The molecule has 8 rings (SSSR count). The Bertz CT molecular complexity index is 1750. The van der Waals surface area contributed by atoms with E-state index in [0.29, 0.717) is 0 Å². The third-order valence-electron chi connectivity index (χ3n) is 8.27. The molecule has 4 aliphatic rings. The van der Waals surface area contributed by atoms with Crippen LogP contribution in [-0.4, -0.2) is 4.21 Å². The second-order valence-electron chi connectivity index (χ2n) is 10.1. The molecule has 182 valence electrons. The van der Waals surface area contributed by atoms with Crippen molar-refractivity contribution in [3.63, 3.8) is 0 Å². The topological polar surface area (TPSA) is 0 Å². The zero-order chi connectivity index (χ0) is 23.8. The van der Waals surface area contributed by atoms with E-state index in [0.717, 1.165) is 12.8 Å². The van der Waals surface area contributed by atoms with Gasteiger partial charge in [-0.15, -0.1) is 0 Å². The fourth-order valence-electron chi connectivity index (χ4n) is 6.56. The second-order valence-corrected chi connectivity index (χ2v) is 15.1. The van der Waals surface area contributed by atoms with E-state index >= 15 is 0 Å². The minimum Gasteiger partial charge on any atom is -1.00 e. The van der Waals surface area contributed by atoms with Crippen LogP contribution in [0.5, 0.6) is 0 Å². The normalized spacial score (nSPS) is 16.1. The van der Waals surface area contributed by atoms with E-state index in [1.807, 2.05) is 0 Å². The summed E-state index contributed by atoms with van der Waals surface area (Å²) in [5.41, 5.74) is 11.5. The maximum atomic E-state index is 4.93. The molecule has 0 aliphatic heterocycles. The fraction of sp³-hybridized carbons (Fsp3) is 0.0571. The minimum absolute atomic E-state index is 0. The van der Waals surface area contributed by atoms with Gasteiger partial charge in [0.05, 0.1) is 0 Å². The van der Waals surface area contributed by atoms with Crippen LogP contribution in [0, 0.1) is 0 Å². The van der Waals surface area contributed by atoms with Gasteiger partial charge in [-0.1, -0.05) is 0 Å². The van der Waals surface area contributed by atoms with Crippen molar-refractivity contribution >= 4 is 36.9 Å². The Morgan fingerprint density at radius 2 is 0.947 bits per heavy atom. The third kappa shape index (κ3) is 3.64. The van der Waals surface area contributed by atoms with E-state index < -0.39 is 21.3 Å². The Balaban J connectivity index is 0.00000132. The van der Waals surface area contributed by atoms with Crippen molar-refractivity contribution in [3.05, 3.63) is 149 Å². The molecule has 0 aromatic heterocycles. The van der Waals surface area contributed by atoms with Crippen LogP contribution < -0.4 is 24.8 Å². The van der Waals surface area contributed by atoms with Crippen LogP contribution in [0.4, 0.5) is 0 Å². The number of rotatable bonds is 2. The molecule has 0 radical (unpaired) electrons. The first-order valence-electron chi connectivity index (χ1n) is 12.8. The van der Waals surface area contributed by atoms with E-state index in [-0.39, 0.29) is 24.8 Å². The summed E-state index contributed by atoms with van der Waals surface area (Å²) >= 11 is -2.33. The Hall–Kier alpha value is -2.83. The van der Waals surface area contributed by atoms with Gasteiger partial charge in [0, 0.05) is 0 Å². The number of fused-ring (bicyclic) bond motifs is 10. The quantitative estimate of drug-likeness (QED) is 0.329. The zero-order valence-corrected chi connectivity index (χ0v) is 24.7. The van der Waals surface area contributed by atoms with Crippen molar-refractivity contribution in [2.24, 2.45) is 0 Å². The molecule has 38 heavy (non-hydrogen) atoms. The third-order valence-corrected chi connectivity index (χ3v) is 13.6. The van der Waals surface area contributed by atoms with E-state index in [1.54, 1.807) is 0 Å². The molecule has 0 saturated heterocycles. The van der Waals surface area contributed by atoms with E-state index in [4.69, 9.17) is 4.21 Å². The van der Waals surface area contributed by atoms with Gasteiger partial charge in [0.2, 0.25) is 0 Å². The fourth-order valence-corrected chi connectivity index (χ4v) is 11.4. The predicted molar refractivity (Wildman–Crippen MR) is 151 cm³/mol. The van der Waals surface area contributed by atoms with Gasteiger partial charge in [0.1, 0.15) is 0 Å². The molecular weight excluding hydrogens is 583 g/mol. The molecule has 0 bridgehead atoms. The number of hydrogen-bond acceptors (Lipinski definition) is 0. The molecule has 0 amide bonds. The van der Waals surface area contributed by atoms with E-state index in [1.165, 1.54) is 72.7 Å². The summed E-state index contributed by atoms with van der Waals surface area (Å²) in [5, 5.41) is 5.40. The first kappa shape index (κ1) is 25.5. The van der Waals surface area contributed by atoms with Crippen LogP contribution in [0.3, 0.4) is 0 Å². The molecule has 0 nitrogen and oxygen atoms in total. The summed E-state index contributed by atoms with van der Waals surface area (Å²) in [6.45, 7) is 0.